The minimum atomic E-state index is -1.25. The predicted octanol–water partition coefficient (Wildman–Crippen LogP) is 1.54. The molecule has 4 rings (SSSR count). The van der Waals surface area contributed by atoms with E-state index in [4.69, 9.17) is 0 Å². The van der Waals surface area contributed by atoms with Crippen LogP contribution in [0.2, 0.25) is 0 Å². The highest BCUT2D eigenvalue weighted by molar-refractivity contribution is 5.88. The molecule has 0 saturated heterocycles. The molecule has 0 aliphatic heterocycles. The summed E-state index contributed by atoms with van der Waals surface area (Å²) in [5.74, 6) is -1.96. The summed E-state index contributed by atoms with van der Waals surface area (Å²) in [7, 11) is 0. The van der Waals surface area contributed by atoms with E-state index in [-0.39, 0.29) is 11.8 Å². The van der Waals surface area contributed by atoms with Gasteiger partial charge in [0.25, 0.3) is 5.56 Å². The van der Waals surface area contributed by atoms with Crippen molar-refractivity contribution in [3.63, 3.8) is 0 Å². The Morgan fingerprint density at radius 3 is 2.39 bits per heavy atom. The number of para-hydroxylation sites is 2. The highest BCUT2D eigenvalue weighted by Gasteiger charge is 2.28. The van der Waals surface area contributed by atoms with Crippen LogP contribution in [0, 0.1) is 0 Å². The molecule has 158 valence electrons. The first kappa shape index (κ1) is 20.1. The van der Waals surface area contributed by atoms with Gasteiger partial charge < -0.3 is 20.4 Å². The summed E-state index contributed by atoms with van der Waals surface area (Å²) in [5, 5.41) is 12.7. The monoisotopic (exact) mass is 420 g/mol. The molecule has 2 aromatic heterocycles. The third-order valence-corrected chi connectivity index (χ3v) is 5.27. The summed E-state index contributed by atoms with van der Waals surface area (Å²) in [4.78, 5) is 56.0. The van der Waals surface area contributed by atoms with E-state index >= 15 is 0 Å². The van der Waals surface area contributed by atoms with Crippen LogP contribution in [0.25, 0.3) is 21.8 Å². The van der Waals surface area contributed by atoms with Gasteiger partial charge in [-0.3, -0.25) is 14.4 Å². The van der Waals surface area contributed by atoms with Crippen molar-refractivity contribution in [2.24, 2.45) is 0 Å². The van der Waals surface area contributed by atoms with E-state index in [1.165, 1.54) is 6.92 Å². The first-order valence-corrected chi connectivity index (χ1v) is 9.68. The van der Waals surface area contributed by atoms with E-state index in [2.05, 4.69) is 15.3 Å². The maximum Gasteiger partial charge on any atom is 0.329 e. The molecule has 0 aliphatic rings. The summed E-state index contributed by atoms with van der Waals surface area (Å²) in [5.41, 5.74) is 0.557. The van der Waals surface area contributed by atoms with Crippen molar-refractivity contribution < 1.29 is 14.7 Å². The molecule has 0 unspecified atom stereocenters. The van der Waals surface area contributed by atoms with Crippen molar-refractivity contribution in [3.8, 4) is 0 Å². The van der Waals surface area contributed by atoms with Gasteiger partial charge in [-0.2, -0.15) is 0 Å². The summed E-state index contributed by atoms with van der Waals surface area (Å²) in [6, 6.07) is 11.5. The minimum absolute atomic E-state index is 0.0174. The SMILES string of the molecule is C[C@H](NC(=O)[C@H](Cc1c[nH]c2ccccc12)n1c(=O)[nH]c2ccccc2c1=O)C(=O)O. The van der Waals surface area contributed by atoms with Gasteiger partial charge in [-0.1, -0.05) is 30.3 Å². The number of fused-ring (bicyclic) bond motifs is 2. The number of aromatic nitrogens is 3. The largest absolute Gasteiger partial charge is 0.480 e. The van der Waals surface area contributed by atoms with Crippen LogP contribution in [0.3, 0.4) is 0 Å². The van der Waals surface area contributed by atoms with Crippen molar-refractivity contribution in [2.75, 3.05) is 0 Å². The zero-order valence-electron chi connectivity index (χ0n) is 16.6. The van der Waals surface area contributed by atoms with Crippen LogP contribution in [-0.2, 0) is 16.0 Å². The lowest BCUT2D eigenvalue weighted by Gasteiger charge is -2.20. The van der Waals surface area contributed by atoms with Crippen molar-refractivity contribution in [2.45, 2.75) is 25.4 Å². The maximum atomic E-state index is 13.1. The second-order valence-electron chi connectivity index (χ2n) is 7.30. The molecule has 4 aromatic rings. The fourth-order valence-corrected chi connectivity index (χ4v) is 3.64. The first-order chi connectivity index (χ1) is 14.9. The Morgan fingerprint density at radius 2 is 1.68 bits per heavy atom. The molecule has 2 atom stereocenters. The summed E-state index contributed by atoms with van der Waals surface area (Å²) >= 11 is 0. The molecule has 0 fully saturated rings. The number of hydrogen-bond acceptors (Lipinski definition) is 4. The number of nitrogens with zero attached hydrogens (tertiary/aromatic N) is 1. The van der Waals surface area contributed by atoms with Gasteiger partial charge in [0.2, 0.25) is 5.91 Å². The smallest absolute Gasteiger partial charge is 0.329 e. The van der Waals surface area contributed by atoms with Crippen molar-refractivity contribution in [1.29, 1.82) is 0 Å². The zero-order chi connectivity index (χ0) is 22.1. The number of rotatable bonds is 6. The number of H-pyrrole nitrogens is 2. The Morgan fingerprint density at radius 1 is 1.03 bits per heavy atom. The number of benzene rings is 2. The number of carbonyl (C=O) groups excluding carboxylic acids is 1. The second-order valence-corrected chi connectivity index (χ2v) is 7.30. The number of carboxylic acid groups (broad SMARTS) is 1. The Balaban J connectivity index is 1.86. The van der Waals surface area contributed by atoms with Gasteiger partial charge in [0, 0.05) is 23.5 Å². The van der Waals surface area contributed by atoms with E-state index in [0.717, 1.165) is 21.0 Å². The average molecular weight is 420 g/mol. The molecule has 0 bridgehead atoms. The molecule has 0 saturated carbocycles. The van der Waals surface area contributed by atoms with Crippen molar-refractivity contribution >= 4 is 33.7 Å². The maximum absolute atomic E-state index is 13.1. The summed E-state index contributed by atoms with van der Waals surface area (Å²) < 4.78 is 0.855. The Labute approximate surface area is 175 Å². The summed E-state index contributed by atoms with van der Waals surface area (Å²) in [6.45, 7) is 1.32. The number of aromatic amines is 2. The van der Waals surface area contributed by atoms with Crippen LogP contribution in [0.4, 0.5) is 0 Å². The molecule has 4 N–H and O–H groups in total. The zero-order valence-corrected chi connectivity index (χ0v) is 16.6. The van der Waals surface area contributed by atoms with Crippen LogP contribution >= 0.6 is 0 Å². The lowest BCUT2D eigenvalue weighted by atomic mass is 10.0. The van der Waals surface area contributed by atoms with Gasteiger partial charge in [0.1, 0.15) is 12.1 Å². The number of nitrogens with one attached hydrogen (secondary N) is 3. The predicted molar refractivity (Wildman–Crippen MR) is 115 cm³/mol. The molecule has 9 nitrogen and oxygen atoms in total. The topological polar surface area (TPSA) is 137 Å². The van der Waals surface area contributed by atoms with Crippen LogP contribution in [0.5, 0.6) is 0 Å². The van der Waals surface area contributed by atoms with Crippen molar-refractivity contribution in [1.82, 2.24) is 19.9 Å². The number of amides is 1. The van der Waals surface area contributed by atoms with Crippen LogP contribution in [0.15, 0.2) is 64.3 Å². The molecule has 9 heteroatoms. The van der Waals surface area contributed by atoms with Crippen LogP contribution in [-0.4, -0.2) is 37.6 Å². The normalized spacial score (nSPS) is 13.2. The fraction of sp³-hybridized carbons (Fsp3) is 0.182. The van der Waals surface area contributed by atoms with E-state index < -0.39 is 35.2 Å². The van der Waals surface area contributed by atoms with Gasteiger partial charge in [-0.25, -0.2) is 9.36 Å². The quantitative estimate of drug-likeness (QED) is 0.375. The second kappa shape index (κ2) is 7.94. The molecule has 0 spiro atoms. The van der Waals surface area contributed by atoms with E-state index in [9.17, 15) is 24.3 Å². The van der Waals surface area contributed by atoms with Crippen LogP contribution in [0.1, 0.15) is 18.5 Å². The standard InChI is InChI=1S/C22H20N4O5/c1-12(21(29)30)24-19(27)18(10-13-11-23-16-8-4-2-6-14(13)16)26-20(28)15-7-3-5-9-17(15)25-22(26)31/h2-9,11-12,18,23H,10H2,1H3,(H,24,27)(H,25,31)(H,29,30)/t12-,18-/m0/s1. The Bertz CT molecular complexity index is 1410. The highest BCUT2D eigenvalue weighted by Crippen LogP contribution is 2.22. The molecule has 2 aromatic carbocycles. The van der Waals surface area contributed by atoms with E-state index in [1.807, 2.05) is 24.3 Å². The van der Waals surface area contributed by atoms with Crippen LogP contribution < -0.4 is 16.6 Å². The number of hydrogen-bond donors (Lipinski definition) is 4. The molecule has 0 radical (unpaired) electrons. The molecule has 1 amide bonds. The van der Waals surface area contributed by atoms with Crippen molar-refractivity contribution in [3.05, 3.63) is 81.1 Å². The Hall–Kier alpha value is -4.14. The van der Waals surface area contributed by atoms with Gasteiger partial charge in [0.05, 0.1) is 10.9 Å². The lowest BCUT2D eigenvalue weighted by molar-refractivity contribution is -0.141. The van der Waals surface area contributed by atoms with E-state index in [1.54, 1.807) is 30.5 Å². The molecule has 31 heavy (non-hydrogen) atoms. The summed E-state index contributed by atoms with van der Waals surface area (Å²) in [6.07, 6.45) is 1.73. The van der Waals surface area contributed by atoms with Gasteiger partial charge in [-0.15, -0.1) is 0 Å². The average Bonchev–Trinajstić information content (AvgIpc) is 3.15. The number of aliphatic carboxylic acids is 1. The van der Waals surface area contributed by atoms with Gasteiger partial charge in [0.15, 0.2) is 0 Å². The van der Waals surface area contributed by atoms with Gasteiger partial charge in [-0.05, 0) is 30.7 Å². The van der Waals surface area contributed by atoms with E-state index in [0.29, 0.717) is 5.52 Å². The molecular formula is C22H20N4O5. The molecule has 2 heterocycles. The fourth-order valence-electron chi connectivity index (χ4n) is 3.64. The number of carbonyl (C=O) groups is 2. The minimum Gasteiger partial charge on any atom is -0.480 e. The number of carboxylic acids is 1. The molecule has 0 aliphatic carbocycles. The molecular weight excluding hydrogens is 400 g/mol. The van der Waals surface area contributed by atoms with Gasteiger partial charge >= 0.3 is 11.7 Å². The first-order valence-electron chi connectivity index (χ1n) is 9.68. The highest BCUT2D eigenvalue weighted by atomic mass is 16.4. The Kier molecular flexibility index (Phi) is 5.16. The third-order valence-electron chi connectivity index (χ3n) is 5.27. The third kappa shape index (κ3) is 3.73. The lowest BCUT2D eigenvalue weighted by Crippen LogP contribution is -2.48.